The molecular weight excluding hydrogens is 827 g/mol. The van der Waals surface area contributed by atoms with Gasteiger partial charge < -0.3 is 20.3 Å². The zero-order valence-electron chi connectivity index (χ0n) is 44.3. The zero-order valence-corrected chi connectivity index (χ0v) is 44.3. The Hall–Kier alpha value is -2.70. The van der Waals surface area contributed by atoms with Crippen LogP contribution in [0.3, 0.4) is 0 Å². The van der Waals surface area contributed by atoms with E-state index in [9.17, 15) is 19.8 Å². The first-order valence-corrected chi connectivity index (χ1v) is 28.7. The van der Waals surface area contributed by atoms with E-state index in [1.165, 1.54) is 161 Å². The van der Waals surface area contributed by atoms with Gasteiger partial charge in [-0.3, -0.25) is 9.59 Å². The van der Waals surface area contributed by atoms with Crippen molar-refractivity contribution in [2.45, 2.75) is 296 Å². The Balaban J connectivity index is 4.64. The summed E-state index contributed by atoms with van der Waals surface area (Å²) in [6.45, 7) is 6.36. The SMILES string of the molecule is CC/C=C\C/C=C\C/C=C\C/C=C\C/C=C\CC(CC(=O)NC(CO)C(O)CCCCCCCCCCCCCCCC)OC(=O)CCCCCCCCCCC/C=C/CCCCCCCC. The molecule has 0 bridgehead atoms. The molecule has 0 saturated heterocycles. The highest BCUT2D eigenvalue weighted by atomic mass is 16.5. The second-order valence-electron chi connectivity index (χ2n) is 19.3. The van der Waals surface area contributed by atoms with Crippen LogP contribution in [0.1, 0.15) is 278 Å². The number of aliphatic hydroxyl groups is 2. The number of amides is 1. The average molecular weight is 937 g/mol. The number of hydrogen-bond donors (Lipinski definition) is 3. The third-order valence-corrected chi connectivity index (χ3v) is 12.8. The van der Waals surface area contributed by atoms with Crippen LogP contribution in [0.2, 0.25) is 0 Å². The highest BCUT2D eigenvalue weighted by Crippen LogP contribution is 2.17. The monoisotopic (exact) mass is 936 g/mol. The van der Waals surface area contributed by atoms with Crippen molar-refractivity contribution in [3.63, 3.8) is 0 Å². The minimum atomic E-state index is -0.815. The molecule has 0 fully saturated rings. The summed E-state index contributed by atoms with van der Waals surface area (Å²) in [4.78, 5) is 26.2. The smallest absolute Gasteiger partial charge is 0.306 e. The molecule has 0 aromatic rings. The summed E-state index contributed by atoms with van der Waals surface area (Å²) in [7, 11) is 0. The number of ether oxygens (including phenoxy) is 1. The summed E-state index contributed by atoms with van der Waals surface area (Å²) in [6, 6.07) is -0.735. The molecule has 0 aliphatic carbocycles. The van der Waals surface area contributed by atoms with E-state index in [2.05, 4.69) is 92.9 Å². The summed E-state index contributed by atoms with van der Waals surface area (Å²) in [5, 5.41) is 23.8. The fraction of sp³-hybridized carbons (Fsp3) is 0.770. The maximum atomic E-state index is 13.2. The fourth-order valence-corrected chi connectivity index (χ4v) is 8.45. The van der Waals surface area contributed by atoms with Crippen molar-refractivity contribution in [1.82, 2.24) is 5.32 Å². The Labute approximate surface area is 415 Å². The number of hydrogen-bond acceptors (Lipinski definition) is 5. The van der Waals surface area contributed by atoms with Gasteiger partial charge in [0.05, 0.1) is 25.2 Å². The molecule has 0 saturated carbocycles. The third-order valence-electron chi connectivity index (χ3n) is 12.8. The largest absolute Gasteiger partial charge is 0.461 e. The Morgan fingerprint density at radius 2 is 0.836 bits per heavy atom. The summed E-state index contributed by atoms with van der Waals surface area (Å²) >= 11 is 0. The van der Waals surface area contributed by atoms with Gasteiger partial charge in [0.2, 0.25) is 5.91 Å². The normalized spacial score (nSPS) is 13.7. The van der Waals surface area contributed by atoms with E-state index in [0.29, 0.717) is 19.3 Å². The van der Waals surface area contributed by atoms with E-state index in [1.54, 1.807) is 0 Å². The molecule has 0 aliphatic rings. The van der Waals surface area contributed by atoms with Gasteiger partial charge >= 0.3 is 5.97 Å². The lowest BCUT2D eigenvalue weighted by atomic mass is 10.0. The lowest BCUT2D eigenvalue weighted by Gasteiger charge is -2.24. The molecule has 1 amide bonds. The van der Waals surface area contributed by atoms with Crippen LogP contribution in [0.4, 0.5) is 0 Å². The van der Waals surface area contributed by atoms with E-state index in [1.807, 2.05) is 6.08 Å². The molecule has 0 radical (unpaired) electrons. The number of carbonyl (C=O) groups excluding carboxylic acids is 2. The highest BCUT2D eigenvalue weighted by molar-refractivity contribution is 5.77. The summed E-state index contributed by atoms with van der Waals surface area (Å²) in [5.74, 6) is -0.577. The molecule has 0 aromatic heterocycles. The van der Waals surface area contributed by atoms with E-state index in [-0.39, 0.29) is 24.9 Å². The standard InChI is InChI=1S/C61H109NO5/c1-4-7-10-13-16-19-22-25-28-29-30-31-33-36-39-42-45-48-51-54-61(66)67-57(52-49-46-43-40-37-34-32-26-23-20-17-14-11-8-5-2)55-60(65)62-58(56-63)59(64)53-50-47-44-41-38-35-27-24-21-18-15-12-9-6-3/h8,11,17,20,25-26,28,32,37,40,46,49,57-59,63-64H,4-7,9-10,12-16,18-19,21-24,27,29-31,33-36,38-39,41-45,47-48,50-56H2,1-3H3,(H,62,65)/b11-8-,20-17-,28-25+,32-26-,40-37-,49-46-. The topological polar surface area (TPSA) is 95.9 Å². The van der Waals surface area contributed by atoms with Crippen LogP contribution in [0, 0.1) is 0 Å². The number of unbranched alkanes of at least 4 members (excludes halogenated alkanes) is 28. The van der Waals surface area contributed by atoms with Crippen molar-refractivity contribution >= 4 is 11.9 Å². The van der Waals surface area contributed by atoms with E-state index in [0.717, 1.165) is 70.6 Å². The maximum Gasteiger partial charge on any atom is 0.306 e. The quantitative estimate of drug-likeness (QED) is 0.0321. The van der Waals surface area contributed by atoms with E-state index in [4.69, 9.17) is 4.74 Å². The minimum absolute atomic E-state index is 0.00237. The molecule has 0 heterocycles. The van der Waals surface area contributed by atoms with Crippen LogP contribution >= 0.6 is 0 Å². The van der Waals surface area contributed by atoms with Crippen LogP contribution in [0.25, 0.3) is 0 Å². The fourth-order valence-electron chi connectivity index (χ4n) is 8.45. The van der Waals surface area contributed by atoms with Gasteiger partial charge in [-0.1, -0.05) is 261 Å². The number of rotatable bonds is 51. The number of allylic oxidation sites excluding steroid dienone is 11. The van der Waals surface area contributed by atoms with Gasteiger partial charge in [-0.25, -0.2) is 0 Å². The molecule has 3 unspecified atom stereocenters. The predicted octanol–water partition coefficient (Wildman–Crippen LogP) is 17.7. The number of carbonyl (C=O) groups is 2. The van der Waals surface area contributed by atoms with Gasteiger partial charge in [-0.15, -0.1) is 0 Å². The first-order chi connectivity index (χ1) is 33.0. The third kappa shape index (κ3) is 49.5. The van der Waals surface area contributed by atoms with E-state index >= 15 is 0 Å². The van der Waals surface area contributed by atoms with Crippen molar-refractivity contribution in [3.05, 3.63) is 72.9 Å². The Morgan fingerprint density at radius 1 is 0.463 bits per heavy atom. The van der Waals surface area contributed by atoms with Crippen molar-refractivity contribution < 1.29 is 24.5 Å². The molecular formula is C61H109NO5. The van der Waals surface area contributed by atoms with Crippen molar-refractivity contribution in [2.75, 3.05) is 6.61 Å². The molecule has 0 spiro atoms. The molecule has 0 aliphatic heterocycles. The average Bonchev–Trinajstić information content (AvgIpc) is 3.32. The van der Waals surface area contributed by atoms with Crippen LogP contribution < -0.4 is 5.32 Å². The molecule has 67 heavy (non-hydrogen) atoms. The Bertz CT molecular complexity index is 1230. The molecule has 3 atom stereocenters. The minimum Gasteiger partial charge on any atom is -0.461 e. The van der Waals surface area contributed by atoms with E-state index < -0.39 is 18.2 Å². The zero-order chi connectivity index (χ0) is 48.8. The van der Waals surface area contributed by atoms with Gasteiger partial charge in [0.25, 0.3) is 0 Å². The Kier molecular flexibility index (Phi) is 52.1. The predicted molar refractivity (Wildman–Crippen MR) is 291 cm³/mol. The second kappa shape index (κ2) is 54.2. The van der Waals surface area contributed by atoms with Gasteiger partial charge in [0.1, 0.15) is 6.10 Å². The number of aliphatic hydroxyl groups excluding tert-OH is 2. The number of nitrogens with one attached hydrogen (secondary N) is 1. The summed E-state index contributed by atoms with van der Waals surface area (Å²) < 4.78 is 5.89. The highest BCUT2D eigenvalue weighted by Gasteiger charge is 2.23. The Morgan fingerprint density at radius 3 is 1.25 bits per heavy atom. The van der Waals surface area contributed by atoms with Crippen LogP contribution in [-0.2, 0) is 14.3 Å². The lowest BCUT2D eigenvalue weighted by molar-refractivity contribution is -0.150. The molecule has 0 aromatic carbocycles. The molecule has 6 nitrogen and oxygen atoms in total. The van der Waals surface area contributed by atoms with Crippen molar-refractivity contribution in [2.24, 2.45) is 0 Å². The van der Waals surface area contributed by atoms with Gasteiger partial charge in [-0.05, 0) is 70.6 Å². The van der Waals surface area contributed by atoms with Crippen molar-refractivity contribution in [1.29, 1.82) is 0 Å². The molecule has 6 heteroatoms. The maximum absolute atomic E-state index is 13.2. The van der Waals surface area contributed by atoms with Crippen LogP contribution in [0.5, 0.6) is 0 Å². The van der Waals surface area contributed by atoms with Crippen molar-refractivity contribution in [3.8, 4) is 0 Å². The first-order valence-electron chi connectivity index (χ1n) is 28.7. The number of esters is 1. The molecule has 3 N–H and O–H groups in total. The summed E-state index contributed by atoms with van der Waals surface area (Å²) in [6.07, 6.45) is 69.9. The van der Waals surface area contributed by atoms with Gasteiger partial charge in [0, 0.05) is 12.8 Å². The first kappa shape index (κ1) is 64.3. The summed E-state index contributed by atoms with van der Waals surface area (Å²) in [5.41, 5.74) is 0. The van der Waals surface area contributed by atoms with Crippen LogP contribution in [-0.4, -0.2) is 46.9 Å². The van der Waals surface area contributed by atoms with Gasteiger partial charge in [0.15, 0.2) is 0 Å². The molecule has 388 valence electrons. The van der Waals surface area contributed by atoms with Crippen LogP contribution in [0.15, 0.2) is 72.9 Å². The lowest BCUT2D eigenvalue weighted by Crippen LogP contribution is -2.46. The second-order valence-corrected chi connectivity index (χ2v) is 19.3. The molecule has 0 rings (SSSR count). The van der Waals surface area contributed by atoms with Gasteiger partial charge in [-0.2, -0.15) is 0 Å².